The van der Waals surface area contributed by atoms with Gasteiger partial charge in [-0.2, -0.15) is 0 Å². The Kier molecular flexibility index (Phi) is 6.51. The van der Waals surface area contributed by atoms with Crippen LogP contribution in [0.3, 0.4) is 0 Å². The van der Waals surface area contributed by atoms with Gasteiger partial charge < -0.3 is 19.7 Å². The number of hydrogen-bond donors (Lipinski definition) is 1. The van der Waals surface area contributed by atoms with E-state index in [0.717, 1.165) is 30.6 Å². The van der Waals surface area contributed by atoms with Gasteiger partial charge >= 0.3 is 0 Å². The zero-order valence-electron chi connectivity index (χ0n) is 18.2. The molecule has 2 aliphatic rings. The average Bonchev–Trinajstić information content (AvgIpc) is 3.48. The van der Waals surface area contributed by atoms with E-state index in [1.807, 2.05) is 31.4 Å². The molecule has 2 amide bonds. The number of fused-ring (bicyclic) bond motifs is 1. The van der Waals surface area contributed by atoms with Crippen LogP contribution in [0.1, 0.15) is 67.6 Å². The second-order valence-electron chi connectivity index (χ2n) is 8.47. The molecule has 0 saturated heterocycles. The fraction of sp³-hybridized carbons (Fsp3) is 0.500. The van der Waals surface area contributed by atoms with E-state index in [-0.39, 0.29) is 24.6 Å². The number of amides is 2. The van der Waals surface area contributed by atoms with E-state index >= 15 is 0 Å². The van der Waals surface area contributed by atoms with E-state index in [0.29, 0.717) is 30.0 Å². The highest BCUT2D eigenvalue weighted by molar-refractivity contribution is 7.09. The number of ether oxygens (including phenoxy) is 2. The quantitative estimate of drug-likeness (QED) is 0.673. The van der Waals surface area contributed by atoms with Gasteiger partial charge in [-0.1, -0.05) is 32.3 Å². The van der Waals surface area contributed by atoms with Crippen LogP contribution in [0.2, 0.25) is 0 Å². The van der Waals surface area contributed by atoms with Gasteiger partial charge in [-0.15, -0.1) is 11.3 Å². The minimum atomic E-state index is -0.963. The molecular formula is C24H30N2O4S. The smallest absolute Gasteiger partial charge is 0.255 e. The van der Waals surface area contributed by atoms with E-state index in [9.17, 15) is 9.59 Å². The molecule has 7 heteroatoms. The molecule has 4 rings (SSSR count). The van der Waals surface area contributed by atoms with E-state index in [2.05, 4.69) is 5.32 Å². The van der Waals surface area contributed by atoms with Gasteiger partial charge in [-0.3, -0.25) is 9.59 Å². The highest BCUT2D eigenvalue weighted by Gasteiger charge is 2.42. The summed E-state index contributed by atoms with van der Waals surface area (Å²) >= 11 is 1.59. The van der Waals surface area contributed by atoms with Gasteiger partial charge in [0.25, 0.3) is 5.91 Å². The van der Waals surface area contributed by atoms with Crippen molar-refractivity contribution in [1.29, 1.82) is 0 Å². The highest BCUT2D eigenvalue weighted by atomic mass is 32.1. The molecule has 1 N–H and O–H groups in total. The van der Waals surface area contributed by atoms with Gasteiger partial charge in [0.1, 0.15) is 5.54 Å². The van der Waals surface area contributed by atoms with E-state index in [1.165, 1.54) is 6.42 Å². The Morgan fingerprint density at radius 3 is 2.65 bits per heavy atom. The number of carbonyl (C=O) groups is 2. The van der Waals surface area contributed by atoms with Gasteiger partial charge in [0, 0.05) is 16.5 Å². The molecule has 1 aromatic carbocycles. The molecule has 1 saturated carbocycles. The van der Waals surface area contributed by atoms with Crippen molar-refractivity contribution in [2.45, 2.75) is 70.5 Å². The molecule has 2 aromatic rings. The summed E-state index contributed by atoms with van der Waals surface area (Å²) < 4.78 is 10.8. The summed E-state index contributed by atoms with van der Waals surface area (Å²) in [7, 11) is 0. The lowest BCUT2D eigenvalue weighted by atomic mass is 9.90. The minimum Gasteiger partial charge on any atom is -0.454 e. The Morgan fingerprint density at radius 2 is 1.94 bits per heavy atom. The molecule has 2 heterocycles. The molecule has 1 atom stereocenters. The van der Waals surface area contributed by atoms with Crippen molar-refractivity contribution in [1.82, 2.24) is 10.2 Å². The number of benzene rings is 1. The first-order chi connectivity index (χ1) is 15.0. The largest absolute Gasteiger partial charge is 0.454 e. The Hall–Kier alpha value is -2.54. The van der Waals surface area contributed by atoms with Crippen molar-refractivity contribution in [2.24, 2.45) is 0 Å². The minimum absolute atomic E-state index is 0.0763. The summed E-state index contributed by atoms with van der Waals surface area (Å²) in [5, 5.41) is 5.23. The van der Waals surface area contributed by atoms with Gasteiger partial charge in [-0.05, 0) is 55.8 Å². The van der Waals surface area contributed by atoms with Crippen molar-refractivity contribution >= 4 is 23.2 Å². The first-order valence-electron chi connectivity index (χ1n) is 11.1. The molecule has 1 aliphatic heterocycles. The molecular weight excluding hydrogens is 412 g/mol. The van der Waals surface area contributed by atoms with Crippen LogP contribution in [0.5, 0.6) is 11.5 Å². The monoisotopic (exact) mass is 442 g/mol. The van der Waals surface area contributed by atoms with Crippen LogP contribution in [0.15, 0.2) is 35.7 Å². The van der Waals surface area contributed by atoms with Gasteiger partial charge in [0.15, 0.2) is 11.5 Å². The number of nitrogens with zero attached hydrogens (tertiary/aromatic N) is 1. The summed E-state index contributed by atoms with van der Waals surface area (Å²) in [5.41, 5.74) is -0.472. The molecule has 1 aliphatic carbocycles. The summed E-state index contributed by atoms with van der Waals surface area (Å²) in [4.78, 5) is 30.0. The third kappa shape index (κ3) is 4.56. The average molecular weight is 443 g/mol. The summed E-state index contributed by atoms with van der Waals surface area (Å²) in [5.74, 6) is 0.934. The Bertz CT molecular complexity index is 924. The van der Waals surface area contributed by atoms with Gasteiger partial charge in [-0.25, -0.2) is 0 Å². The predicted molar refractivity (Wildman–Crippen MR) is 120 cm³/mol. The molecule has 0 unspecified atom stereocenters. The summed E-state index contributed by atoms with van der Waals surface area (Å²) in [6.07, 6.45) is 6.04. The van der Waals surface area contributed by atoms with Crippen LogP contribution in [-0.4, -0.2) is 35.1 Å². The maximum Gasteiger partial charge on any atom is 0.255 e. The lowest BCUT2D eigenvalue weighted by molar-refractivity contribution is -0.132. The number of rotatable bonds is 7. The summed E-state index contributed by atoms with van der Waals surface area (Å²) in [6, 6.07) is 9.36. The molecule has 166 valence electrons. The fourth-order valence-corrected chi connectivity index (χ4v) is 4.97. The topological polar surface area (TPSA) is 67.9 Å². The van der Waals surface area contributed by atoms with Crippen molar-refractivity contribution < 1.29 is 19.1 Å². The first kappa shape index (κ1) is 21.7. The number of carbonyl (C=O) groups excluding carboxylic acids is 2. The second kappa shape index (κ2) is 9.30. The van der Waals surface area contributed by atoms with Crippen molar-refractivity contribution in [2.75, 3.05) is 6.79 Å². The normalized spacial score (nSPS) is 17.7. The zero-order valence-corrected chi connectivity index (χ0v) is 19.0. The Morgan fingerprint density at radius 1 is 1.16 bits per heavy atom. The molecule has 0 bridgehead atoms. The lowest BCUT2D eigenvalue weighted by Crippen LogP contribution is -2.59. The molecule has 1 fully saturated rings. The zero-order chi connectivity index (χ0) is 21.8. The van der Waals surface area contributed by atoms with Gasteiger partial charge in [0.05, 0.1) is 6.54 Å². The third-order valence-electron chi connectivity index (χ3n) is 6.47. The van der Waals surface area contributed by atoms with Crippen molar-refractivity contribution in [3.63, 3.8) is 0 Å². The summed E-state index contributed by atoms with van der Waals surface area (Å²) in [6.45, 7) is 4.38. The highest BCUT2D eigenvalue weighted by Crippen LogP contribution is 2.34. The van der Waals surface area contributed by atoms with Crippen LogP contribution < -0.4 is 14.8 Å². The maximum atomic E-state index is 13.7. The SMILES string of the molecule is CC[C@@](C)(C(=O)NC1CCCCC1)N(Cc1cccs1)C(=O)c1ccc2c(c1)OCO2. The van der Waals surface area contributed by atoms with E-state index in [1.54, 1.807) is 34.4 Å². The van der Waals surface area contributed by atoms with Crippen LogP contribution in [-0.2, 0) is 11.3 Å². The van der Waals surface area contributed by atoms with Crippen LogP contribution in [0.25, 0.3) is 0 Å². The second-order valence-corrected chi connectivity index (χ2v) is 9.51. The fourth-order valence-electron chi connectivity index (χ4n) is 4.28. The lowest BCUT2D eigenvalue weighted by Gasteiger charge is -2.40. The van der Waals surface area contributed by atoms with Gasteiger partial charge in [0.2, 0.25) is 12.7 Å². The van der Waals surface area contributed by atoms with E-state index in [4.69, 9.17) is 9.47 Å². The standard InChI is InChI=1S/C24H30N2O4S/c1-3-24(2,23(28)25-18-8-5-4-6-9-18)26(15-19-10-7-13-31-19)22(27)17-11-12-20-21(14-17)30-16-29-20/h7,10-14,18H,3-6,8-9,15-16H2,1-2H3,(H,25,28)/t24-/m0/s1. The van der Waals surface area contributed by atoms with Crippen LogP contribution in [0.4, 0.5) is 0 Å². The molecule has 31 heavy (non-hydrogen) atoms. The predicted octanol–water partition coefficient (Wildman–Crippen LogP) is 4.74. The van der Waals surface area contributed by atoms with Crippen molar-refractivity contribution in [3.8, 4) is 11.5 Å². The van der Waals surface area contributed by atoms with Crippen LogP contribution in [0, 0.1) is 0 Å². The van der Waals surface area contributed by atoms with Crippen molar-refractivity contribution in [3.05, 3.63) is 46.2 Å². The Balaban J connectivity index is 1.63. The number of nitrogens with one attached hydrogen (secondary N) is 1. The van der Waals surface area contributed by atoms with E-state index < -0.39 is 5.54 Å². The molecule has 0 spiro atoms. The number of hydrogen-bond acceptors (Lipinski definition) is 5. The number of thiophene rings is 1. The third-order valence-corrected chi connectivity index (χ3v) is 7.33. The molecule has 1 aromatic heterocycles. The first-order valence-corrected chi connectivity index (χ1v) is 11.9. The van der Waals surface area contributed by atoms with Crippen LogP contribution >= 0.6 is 11.3 Å². The molecule has 0 radical (unpaired) electrons. The maximum absolute atomic E-state index is 13.7. The molecule has 6 nitrogen and oxygen atoms in total. The Labute approximate surface area is 187 Å².